The van der Waals surface area contributed by atoms with Gasteiger partial charge in [0.2, 0.25) is 0 Å². The maximum Gasteiger partial charge on any atom is 0.323 e. The number of carbonyl (C=O) groups is 1. The molecule has 5 heteroatoms. The van der Waals surface area contributed by atoms with Gasteiger partial charge in [0.15, 0.2) is 0 Å². The lowest BCUT2D eigenvalue weighted by Crippen LogP contribution is -2.41. The average molecular weight is 224 g/mol. The summed E-state index contributed by atoms with van der Waals surface area (Å²) in [5.74, 6) is -0.919. The average Bonchev–Trinajstić information content (AvgIpc) is 2.29. The minimum atomic E-state index is -0.919. The molecule has 5 nitrogen and oxygen atoms in total. The van der Waals surface area contributed by atoms with Crippen molar-refractivity contribution in [1.29, 1.82) is 0 Å². The van der Waals surface area contributed by atoms with E-state index in [4.69, 9.17) is 9.84 Å². The number of rotatable bonds is 6. The molecule has 0 spiro atoms. The Hall–Kier alpha value is -1.46. The number of carboxylic acids is 1. The Morgan fingerprint density at radius 2 is 2.44 bits per heavy atom. The van der Waals surface area contributed by atoms with Gasteiger partial charge in [-0.25, -0.2) is 0 Å². The molecule has 16 heavy (non-hydrogen) atoms. The highest BCUT2D eigenvalue weighted by atomic mass is 16.5. The molecule has 2 atom stereocenters. The molecule has 1 rings (SSSR count). The van der Waals surface area contributed by atoms with Gasteiger partial charge < -0.3 is 9.84 Å². The van der Waals surface area contributed by atoms with Crippen LogP contribution in [0, 0.1) is 0 Å². The van der Waals surface area contributed by atoms with E-state index < -0.39 is 12.0 Å². The minimum Gasteiger partial charge on any atom is -0.480 e. The molecule has 0 fully saturated rings. The van der Waals surface area contributed by atoms with E-state index in [1.54, 1.807) is 12.4 Å². The molecule has 0 saturated carbocycles. The van der Waals surface area contributed by atoms with Crippen LogP contribution in [0.1, 0.15) is 18.5 Å². The molecule has 1 unspecified atom stereocenters. The lowest BCUT2D eigenvalue weighted by molar-refractivity contribution is -0.141. The quantitative estimate of drug-likeness (QED) is 0.749. The molecule has 1 heterocycles. The van der Waals surface area contributed by atoms with Crippen molar-refractivity contribution in [2.45, 2.75) is 19.0 Å². The van der Waals surface area contributed by atoms with Crippen LogP contribution in [0.5, 0.6) is 0 Å². The van der Waals surface area contributed by atoms with E-state index in [1.807, 2.05) is 19.1 Å². The Balaban J connectivity index is 2.61. The van der Waals surface area contributed by atoms with Crippen molar-refractivity contribution in [3.63, 3.8) is 0 Å². The number of aromatic nitrogens is 1. The Kier molecular flexibility index (Phi) is 4.88. The first-order chi connectivity index (χ1) is 7.65. The Morgan fingerprint density at radius 3 is 2.94 bits per heavy atom. The number of aliphatic carboxylic acids is 1. The minimum absolute atomic E-state index is 0.0788. The third-order valence-corrected chi connectivity index (χ3v) is 2.27. The zero-order valence-electron chi connectivity index (χ0n) is 9.38. The molecule has 0 aromatic carbocycles. The molecular formula is C11H16N2O3. The van der Waals surface area contributed by atoms with Crippen molar-refractivity contribution in [3.8, 4) is 0 Å². The van der Waals surface area contributed by atoms with Crippen molar-refractivity contribution in [2.75, 3.05) is 13.7 Å². The molecule has 88 valence electrons. The highest BCUT2D eigenvalue weighted by molar-refractivity contribution is 5.73. The monoisotopic (exact) mass is 224 g/mol. The van der Waals surface area contributed by atoms with Crippen molar-refractivity contribution in [3.05, 3.63) is 30.1 Å². The van der Waals surface area contributed by atoms with Gasteiger partial charge in [0.1, 0.15) is 6.04 Å². The lowest BCUT2D eigenvalue weighted by Gasteiger charge is -2.19. The summed E-state index contributed by atoms with van der Waals surface area (Å²) in [7, 11) is 1.48. The third-order valence-electron chi connectivity index (χ3n) is 2.27. The van der Waals surface area contributed by atoms with E-state index in [1.165, 1.54) is 7.11 Å². The standard InChI is InChI=1S/C11H16N2O3/c1-8(9-4-3-5-12-6-9)13-10(7-16-2)11(14)15/h3-6,8,10,13H,7H2,1-2H3,(H,14,15)/t8-,10?/m0/s1. The van der Waals surface area contributed by atoms with Gasteiger partial charge in [0.05, 0.1) is 6.61 Å². The van der Waals surface area contributed by atoms with Gasteiger partial charge in [0.25, 0.3) is 0 Å². The van der Waals surface area contributed by atoms with Crippen LogP contribution < -0.4 is 5.32 Å². The molecule has 0 amide bonds. The summed E-state index contributed by atoms with van der Waals surface area (Å²) in [6.45, 7) is 2.03. The molecule has 0 aliphatic heterocycles. The van der Waals surface area contributed by atoms with Gasteiger partial charge in [-0.3, -0.25) is 15.1 Å². The SMILES string of the molecule is COCC(N[C@@H](C)c1cccnc1)C(=O)O. The Morgan fingerprint density at radius 1 is 1.69 bits per heavy atom. The first kappa shape index (κ1) is 12.6. The number of hydrogen-bond donors (Lipinski definition) is 2. The zero-order valence-corrected chi connectivity index (χ0v) is 9.38. The summed E-state index contributed by atoms with van der Waals surface area (Å²) in [4.78, 5) is 14.9. The second kappa shape index (κ2) is 6.19. The summed E-state index contributed by atoms with van der Waals surface area (Å²) in [5, 5.41) is 11.9. The first-order valence-electron chi connectivity index (χ1n) is 5.03. The van der Waals surface area contributed by atoms with Crippen LogP contribution in [-0.2, 0) is 9.53 Å². The second-order valence-corrected chi connectivity index (χ2v) is 3.52. The number of nitrogens with zero attached hydrogens (tertiary/aromatic N) is 1. The number of methoxy groups -OCH3 is 1. The van der Waals surface area contributed by atoms with E-state index in [2.05, 4.69) is 10.3 Å². The maximum absolute atomic E-state index is 10.9. The molecule has 0 aliphatic carbocycles. The molecule has 1 aromatic heterocycles. The van der Waals surface area contributed by atoms with Crippen LogP contribution in [0.15, 0.2) is 24.5 Å². The van der Waals surface area contributed by atoms with Crippen molar-refractivity contribution < 1.29 is 14.6 Å². The Labute approximate surface area is 94.5 Å². The van der Waals surface area contributed by atoms with Crippen LogP contribution in [0.4, 0.5) is 0 Å². The number of carboxylic acid groups (broad SMARTS) is 1. The van der Waals surface area contributed by atoms with Gasteiger partial charge in [-0.2, -0.15) is 0 Å². The summed E-state index contributed by atoms with van der Waals surface area (Å²) < 4.78 is 4.84. The fraction of sp³-hybridized carbons (Fsp3) is 0.455. The van der Waals surface area contributed by atoms with Crippen molar-refractivity contribution >= 4 is 5.97 Å². The van der Waals surface area contributed by atoms with Crippen molar-refractivity contribution in [1.82, 2.24) is 10.3 Å². The normalized spacial score (nSPS) is 14.4. The molecular weight excluding hydrogens is 208 g/mol. The Bertz CT molecular complexity index is 329. The van der Waals surface area contributed by atoms with Crippen molar-refractivity contribution in [2.24, 2.45) is 0 Å². The summed E-state index contributed by atoms with van der Waals surface area (Å²) in [5.41, 5.74) is 0.949. The summed E-state index contributed by atoms with van der Waals surface area (Å²) in [6, 6.07) is 2.93. The molecule has 1 aromatic rings. The van der Waals surface area contributed by atoms with Gasteiger partial charge in [-0.1, -0.05) is 6.07 Å². The topological polar surface area (TPSA) is 71.5 Å². The fourth-order valence-electron chi connectivity index (χ4n) is 1.39. The number of hydrogen-bond acceptors (Lipinski definition) is 4. The van der Waals surface area contributed by atoms with Crippen LogP contribution in [0.2, 0.25) is 0 Å². The first-order valence-corrected chi connectivity index (χ1v) is 5.03. The second-order valence-electron chi connectivity index (χ2n) is 3.52. The van der Waals surface area contributed by atoms with Crippen LogP contribution >= 0.6 is 0 Å². The number of ether oxygens (including phenoxy) is 1. The highest BCUT2D eigenvalue weighted by Gasteiger charge is 2.19. The van der Waals surface area contributed by atoms with Crippen LogP contribution in [0.25, 0.3) is 0 Å². The van der Waals surface area contributed by atoms with E-state index in [0.717, 1.165) is 5.56 Å². The molecule has 0 aliphatic rings. The zero-order chi connectivity index (χ0) is 12.0. The van der Waals surface area contributed by atoms with E-state index in [0.29, 0.717) is 0 Å². The van der Waals surface area contributed by atoms with Gasteiger partial charge >= 0.3 is 5.97 Å². The summed E-state index contributed by atoms with van der Waals surface area (Å²) in [6.07, 6.45) is 3.39. The van der Waals surface area contributed by atoms with Gasteiger partial charge in [-0.05, 0) is 18.6 Å². The van der Waals surface area contributed by atoms with E-state index >= 15 is 0 Å². The lowest BCUT2D eigenvalue weighted by atomic mass is 10.1. The van der Waals surface area contributed by atoms with Crippen LogP contribution in [-0.4, -0.2) is 35.8 Å². The van der Waals surface area contributed by atoms with Crippen LogP contribution in [0.3, 0.4) is 0 Å². The predicted molar refractivity (Wildman–Crippen MR) is 59.1 cm³/mol. The largest absolute Gasteiger partial charge is 0.480 e. The maximum atomic E-state index is 10.9. The third kappa shape index (κ3) is 3.60. The summed E-state index contributed by atoms with van der Waals surface area (Å²) >= 11 is 0. The van der Waals surface area contributed by atoms with Gasteiger partial charge in [-0.15, -0.1) is 0 Å². The van der Waals surface area contributed by atoms with E-state index in [-0.39, 0.29) is 12.6 Å². The van der Waals surface area contributed by atoms with E-state index in [9.17, 15) is 4.79 Å². The predicted octanol–water partition coefficient (Wildman–Crippen LogP) is 0.832. The fourth-order valence-corrected chi connectivity index (χ4v) is 1.39. The number of nitrogens with one attached hydrogen (secondary N) is 1. The molecule has 0 bridgehead atoms. The molecule has 2 N–H and O–H groups in total. The highest BCUT2D eigenvalue weighted by Crippen LogP contribution is 2.10. The molecule has 0 saturated heterocycles. The smallest absolute Gasteiger partial charge is 0.323 e. The van der Waals surface area contributed by atoms with Gasteiger partial charge in [0, 0.05) is 25.5 Å². The number of pyridine rings is 1. The molecule has 0 radical (unpaired) electrons.